The van der Waals surface area contributed by atoms with Crippen LogP contribution in [0.15, 0.2) is 42.6 Å². The molecule has 3 aromatic rings. The standard InChI is InChI=1S/C26H27FN4O4/c1-14-8-17(27)20(11-22(14)33)29-19-4-6-28-26-25(19)23(34)10-16-9-15(2-3-18(16)30-26)12-31-7-5-21(32)24(35)13-31/h2-4,6,8-9,11,21,24,32-33,35H,5,7,10,12-13H2,1H3,(H2,28,29,30). The number of aliphatic hydroxyl groups excluding tert-OH is 2. The van der Waals surface area contributed by atoms with E-state index in [1.165, 1.54) is 18.3 Å². The molecule has 0 amide bonds. The zero-order valence-corrected chi connectivity index (χ0v) is 19.3. The zero-order valence-electron chi connectivity index (χ0n) is 19.3. The lowest BCUT2D eigenvalue weighted by molar-refractivity contribution is -0.0403. The van der Waals surface area contributed by atoms with E-state index in [9.17, 15) is 24.5 Å². The summed E-state index contributed by atoms with van der Waals surface area (Å²) in [7, 11) is 0. The number of anilines is 4. The first-order valence-corrected chi connectivity index (χ1v) is 11.5. The maximum atomic E-state index is 14.5. The number of aryl methyl sites for hydroxylation is 1. The van der Waals surface area contributed by atoms with E-state index in [0.29, 0.717) is 48.7 Å². The number of halogens is 1. The number of hydrogen-bond donors (Lipinski definition) is 5. The van der Waals surface area contributed by atoms with Gasteiger partial charge in [0.15, 0.2) is 5.78 Å². The van der Waals surface area contributed by atoms with E-state index in [1.807, 2.05) is 18.2 Å². The van der Waals surface area contributed by atoms with Crippen LogP contribution >= 0.6 is 0 Å². The first-order valence-electron chi connectivity index (χ1n) is 11.5. The highest BCUT2D eigenvalue weighted by Gasteiger charge is 2.27. The number of aliphatic hydroxyl groups is 2. The van der Waals surface area contributed by atoms with Gasteiger partial charge in [-0.1, -0.05) is 12.1 Å². The number of β-amino-alcohol motifs (C(OH)–C–C–N with tert-alkyl or cyclic N) is 1. The summed E-state index contributed by atoms with van der Waals surface area (Å²) in [6.45, 7) is 3.28. The summed E-state index contributed by atoms with van der Waals surface area (Å²) in [5.74, 6) is -0.388. The summed E-state index contributed by atoms with van der Waals surface area (Å²) >= 11 is 0. The predicted octanol–water partition coefficient (Wildman–Crippen LogP) is 3.39. The average Bonchev–Trinajstić information content (AvgIpc) is 2.95. The molecule has 8 nitrogen and oxygen atoms in total. The Balaban J connectivity index is 1.40. The number of nitrogens with one attached hydrogen (secondary N) is 2. The Bertz CT molecular complexity index is 1300. The van der Waals surface area contributed by atoms with Crippen LogP contribution in [0.1, 0.15) is 33.5 Å². The number of rotatable bonds is 4. The number of benzene rings is 2. The van der Waals surface area contributed by atoms with Crippen LogP contribution in [-0.4, -0.2) is 56.3 Å². The van der Waals surface area contributed by atoms with E-state index in [4.69, 9.17) is 0 Å². The van der Waals surface area contributed by atoms with Gasteiger partial charge in [0.2, 0.25) is 0 Å². The van der Waals surface area contributed by atoms with Crippen molar-refractivity contribution in [3.05, 3.63) is 70.7 Å². The van der Waals surface area contributed by atoms with Gasteiger partial charge in [0.1, 0.15) is 17.4 Å². The molecule has 3 heterocycles. The number of pyridine rings is 1. The summed E-state index contributed by atoms with van der Waals surface area (Å²) in [5.41, 5.74) is 3.76. The van der Waals surface area contributed by atoms with Gasteiger partial charge in [-0.15, -0.1) is 0 Å². The Hall–Kier alpha value is -3.53. The molecule has 0 saturated carbocycles. The van der Waals surface area contributed by atoms with Crippen LogP contribution in [0, 0.1) is 12.7 Å². The van der Waals surface area contributed by atoms with E-state index >= 15 is 0 Å². The minimum atomic E-state index is -0.764. The van der Waals surface area contributed by atoms with Gasteiger partial charge in [-0.2, -0.15) is 0 Å². The lowest BCUT2D eigenvalue weighted by atomic mass is 10.00. The largest absolute Gasteiger partial charge is 0.508 e. The van der Waals surface area contributed by atoms with E-state index in [-0.39, 0.29) is 23.6 Å². The van der Waals surface area contributed by atoms with Gasteiger partial charge in [-0.05, 0) is 48.2 Å². The van der Waals surface area contributed by atoms with Gasteiger partial charge < -0.3 is 26.0 Å². The van der Waals surface area contributed by atoms with Crippen LogP contribution < -0.4 is 10.6 Å². The molecule has 182 valence electrons. The summed E-state index contributed by atoms with van der Waals surface area (Å²) in [5, 5.41) is 35.9. The third kappa shape index (κ3) is 4.70. The second-order valence-electron chi connectivity index (χ2n) is 9.20. The van der Waals surface area contributed by atoms with Gasteiger partial charge >= 0.3 is 0 Å². The third-order valence-corrected chi connectivity index (χ3v) is 6.60. The zero-order chi connectivity index (χ0) is 24.7. The fraction of sp³-hybridized carbons (Fsp3) is 0.308. The summed E-state index contributed by atoms with van der Waals surface area (Å²) in [6, 6.07) is 9.97. The molecule has 2 aliphatic heterocycles. The Morgan fingerprint density at radius 2 is 2.00 bits per heavy atom. The van der Waals surface area contributed by atoms with Crippen LogP contribution in [0.4, 0.5) is 27.3 Å². The maximum absolute atomic E-state index is 14.5. The van der Waals surface area contributed by atoms with Crippen molar-refractivity contribution in [2.45, 2.75) is 38.5 Å². The number of ketones is 1. The van der Waals surface area contributed by atoms with Crippen molar-refractivity contribution in [2.24, 2.45) is 0 Å². The van der Waals surface area contributed by atoms with Gasteiger partial charge in [0.05, 0.1) is 29.1 Å². The van der Waals surface area contributed by atoms with Crippen LogP contribution in [-0.2, 0) is 13.0 Å². The predicted molar refractivity (Wildman–Crippen MR) is 130 cm³/mol. The number of carbonyl (C=O) groups is 1. The molecule has 0 aliphatic carbocycles. The number of fused-ring (bicyclic) bond motifs is 2. The number of hydrogen-bond acceptors (Lipinski definition) is 8. The van der Waals surface area contributed by atoms with Gasteiger partial charge in [-0.25, -0.2) is 9.37 Å². The van der Waals surface area contributed by atoms with E-state index in [1.54, 1.807) is 13.0 Å². The number of Topliss-reactive ketones (excluding diaryl/α,β-unsaturated/α-hetero) is 1. The number of phenols is 1. The number of likely N-dealkylation sites (tertiary alicyclic amines) is 1. The molecule has 0 spiro atoms. The molecule has 1 aromatic heterocycles. The van der Waals surface area contributed by atoms with Crippen molar-refractivity contribution in [3.63, 3.8) is 0 Å². The second kappa shape index (κ2) is 9.26. The molecule has 5 rings (SSSR count). The van der Waals surface area contributed by atoms with Crippen molar-refractivity contribution in [2.75, 3.05) is 23.7 Å². The number of phenolic OH excluding ortho intramolecular Hbond substituents is 1. The Morgan fingerprint density at radius 3 is 2.80 bits per heavy atom. The molecule has 2 atom stereocenters. The van der Waals surface area contributed by atoms with Crippen LogP contribution in [0.25, 0.3) is 0 Å². The highest BCUT2D eigenvalue weighted by atomic mass is 19.1. The molecule has 2 aromatic carbocycles. The van der Waals surface area contributed by atoms with Crippen LogP contribution in [0.2, 0.25) is 0 Å². The van der Waals surface area contributed by atoms with E-state index in [0.717, 1.165) is 16.8 Å². The van der Waals surface area contributed by atoms with Crippen LogP contribution in [0.3, 0.4) is 0 Å². The summed E-state index contributed by atoms with van der Waals surface area (Å²) in [4.78, 5) is 19.8. The number of aromatic hydroxyl groups is 1. The second-order valence-corrected chi connectivity index (χ2v) is 9.20. The number of nitrogens with zero attached hydrogens (tertiary/aromatic N) is 2. The molecule has 1 fully saturated rings. The summed E-state index contributed by atoms with van der Waals surface area (Å²) in [6.07, 6.45) is 0.725. The lowest BCUT2D eigenvalue weighted by Gasteiger charge is -2.33. The summed E-state index contributed by atoms with van der Waals surface area (Å²) < 4.78 is 14.5. The van der Waals surface area contributed by atoms with Crippen molar-refractivity contribution in [1.29, 1.82) is 0 Å². The Labute approximate surface area is 202 Å². The quantitative estimate of drug-likeness (QED) is 0.387. The molecule has 2 aliphatic rings. The number of carbonyl (C=O) groups excluding carboxylic acids is 1. The van der Waals surface area contributed by atoms with Crippen molar-refractivity contribution >= 4 is 28.7 Å². The molecule has 9 heteroatoms. The first-order chi connectivity index (χ1) is 16.8. The average molecular weight is 479 g/mol. The van der Waals surface area contributed by atoms with E-state index < -0.39 is 18.0 Å². The lowest BCUT2D eigenvalue weighted by Crippen LogP contribution is -2.46. The van der Waals surface area contributed by atoms with Gasteiger partial charge in [0, 0.05) is 44.0 Å². The van der Waals surface area contributed by atoms with Gasteiger partial charge in [0.25, 0.3) is 0 Å². The molecule has 2 unspecified atom stereocenters. The molecule has 0 radical (unpaired) electrons. The minimum absolute atomic E-state index is 0.0471. The molecule has 35 heavy (non-hydrogen) atoms. The minimum Gasteiger partial charge on any atom is -0.508 e. The monoisotopic (exact) mass is 478 g/mol. The topological polar surface area (TPSA) is 118 Å². The third-order valence-electron chi connectivity index (χ3n) is 6.60. The van der Waals surface area contributed by atoms with Crippen LogP contribution in [0.5, 0.6) is 5.75 Å². The Kier molecular flexibility index (Phi) is 6.14. The van der Waals surface area contributed by atoms with Crippen molar-refractivity contribution in [3.8, 4) is 5.75 Å². The molecule has 1 saturated heterocycles. The molecule has 0 bridgehead atoms. The number of piperidine rings is 1. The molecule has 5 N–H and O–H groups in total. The fourth-order valence-corrected chi connectivity index (χ4v) is 4.63. The highest BCUT2D eigenvalue weighted by molar-refractivity contribution is 6.09. The van der Waals surface area contributed by atoms with Crippen molar-refractivity contribution < 1.29 is 24.5 Å². The van der Waals surface area contributed by atoms with Crippen molar-refractivity contribution in [1.82, 2.24) is 9.88 Å². The first kappa shape index (κ1) is 23.2. The smallest absolute Gasteiger partial charge is 0.173 e. The molecular formula is C26H27FN4O4. The van der Waals surface area contributed by atoms with E-state index in [2.05, 4.69) is 20.5 Å². The SMILES string of the molecule is Cc1cc(F)c(Nc2ccnc3c2C(=O)Cc2cc(CN4CCC(O)C(O)C4)ccc2N3)cc1O. The number of aromatic nitrogens is 1. The maximum Gasteiger partial charge on any atom is 0.173 e. The highest BCUT2D eigenvalue weighted by Crippen LogP contribution is 2.35. The van der Waals surface area contributed by atoms with Gasteiger partial charge in [-0.3, -0.25) is 9.69 Å². The normalized spacial score (nSPS) is 19.9. The Morgan fingerprint density at radius 1 is 1.17 bits per heavy atom. The molecular weight excluding hydrogens is 451 g/mol. The fourth-order valence-electron chi connectivity index (χ4n) is 4.63.